The number of benzene rings is 1. The van der Waals surface area contributed by atoms with E-state index in [2.05, 4.69) is 19.2 Å². The number of amides is 1. The Hall–Kier alpha value is -1.55. The second-order valence-corrected chi connectivity index (χ2v) is 5.93. The Balaban J connectivity index is 2.23. The van der Waals surface area contributed by atoms with Crippen molar-refractivity contribution < 1.29 is 9.53 Å². The van der Waals surface area contributed by atoms with E-state index in [4.69, 9.17) is 10.5 Å². The Kier molecular flexibility index (Phi) is 7.83. The zero-order valence-electron chi connectivity index (χ0n) is 13.4. The fourth-order valence-corrected chi connectivity index (χ4v) is 2.09. The molecule has 21 heavy (non-hydrogen) atoms. The van der Waals surface area contributed by atoms with Gasteiger partial charge in [-0.1, -0.05) is 38.8 Å². The second kappa shape index (κ2) is 9.40. The first-order valence-corrected chi connectivity index (χ1v) is 7.72. The van der Waals surface area contributed by atoms with Crippen LogP contribution in [0.3, 0.4) is 0 Å². The third kappa shape index (κ3) is 7.71. The first-order chi connectivity index (χ1) is 10.0. The van der Waals surface area contributed by atoms with Gasteiger partial charge in [0.25, 0.3) is 5.91 Å². The van der Waals surface area contributed by atoms with Gasteiger partial charge >= 0.3 is 0 Å². The monoisotopic (exact) mass is 292 g/mol. The van der Waals surface area contributed by atoms with E-state index in [1.165, 1.54) is 6.42 Å². The van der Waals surface area contributed by atoms with Crippen molar-refractivity contribution in [3.63, 3.8) is 0 Å². The third-order valence-corrected chi connectivity index (χ3v) is 3.35. The number of rotatable bonds is 9. The molecule has 1 unspecified atom stereocenters. The SMILES string of the molecule is CC(C)CCCC(C)NC(=O)COc1ccc(CN)cc1. The van der Waals surface area contributed by atoms with Crippen LogP contribution in [0.25, 0.3) is 0 Å². The molecular weight excluding hydrogens is 264 g/mol. The van der Waals surface area contributed by atoms with E-state index in [0.717, 1.165) is 18.4 Å². The maximum Gasteiger partial charge on any atom is 0.258 e. The van der Waals surface area contributed by atoms with Crippen molar-refractivity contribution in [1.29, 1.82) is 0 Å². The molecule has 3 N–H and O–H groups in total. The van der Waals surface area contributed by atoms with Gasteiger partial charge in [0.2, 0.25) is 0 Å². The van der Waals surface area contributed by atoms with Crippen molar-refractivity contribution in [2.75, 3.05) is 6.61 Å². The normalized spacial score (nSPS) is 12.2. The van der Waals surface area contributed by atoms with Gasteiger partial charge in [0.15, 0.2) is 6.61 Å². The highest BCUT2D eigenvalue weighted by molar-refractivity contribution is 5.77. The van der Waals surface area contributed by atoms with Gasteiger partial charge in [0.1, 0.15) is 5.75 Å². The Morgan fingerprint density at radius 1 is 1.19 bits per heavy atom. The zero-order valence-corrected chi connectivity index (χ0v) is 13.4. The number of ether oxygens (including phenoxy) is 1. The molecule has 1 amide bonds. The average molecular weight is 292 g/mol. The fourth-order valence-electron chi connectivity index (χ4n) is 2.09. The molecule has 0 aliphatic carbocycles. The summed E-state index contributed by atoms with van der Waals surface area (Å²) in [5.41, 5.74) is 6.58. The second-order valence-electron chi connectivity index (χ2n) is 5.93. The molecule has 4 heteroatoms. The highest BCUT2D eigenvalue weighted by atomic mass is 16.5. The molecule has 0 bridgehead atoms. The lowest BCUT2D eigenvalue weighted by Crippen LogP contribution is -2.36. The molecule has 4 nitrogen and oxygen atoms in total. The third-order valence-electron chi connectivity index (χ3n) is 3.35. The van der Waals surface area contributed by atoms with Crippen LogP contribution in [-0.2, 0) is 11.3 Å². The van der Waals surface area contributed by atoms with Crippen LogP contribution in [0, 0.1) is 5.92 Å². The summed E-state index contributed by atoms with van der Waals surface area (Å²) < 4.78 is 5.46. The highest BCUT2D eigenvalue weighted by Gasteiger charge is 2.08. The van der Waals surface area contributed by atoms with Gasteiger partial charge < -0.3 is 15.8 Å². The number of nitrogens with two attached hydrogens (primary N) is 1. The summed E-state index contributed by atoms with van der Waals surface area (Å²) in [7, 11) is 0. The van der Waals surface area contributed by atoms with Gasteiger partial charge in [-0.2, -0.15) is 0 Å². The number of carbonyl (C=O) groups excluding carboxylic acids is 1. The molecule has 0 aliphatic rings. The highest BCUT2D eigenvalue weighted by Crippen LogP contribution is 2.12. The minimum Gasteiger partial charge on any atom is -0.484 e. The number of carbonyl (C=O) groups is 1. The van der Waals surface area contributed by atoms with Gasteiger partial charge in [0, 0.05) is 12.6 Å². The lowest BCUT2D eigenvalue weighted by Gasteiger charge is -2.15. The van der Waals surface area contributed by atoms with Crippen molar-refractivity contribution in [1.82, 2.24) is 5.32 Å². The fraction of sp³-hybridized carbons (Fsp3) is 0.588. The predicted molar refractivity (Wildman–Crippen MR) is 86.1 cm³/mol. The number of nitrogens with one attached hydrogen (secondary N) is 1. The molecular formula is C17H28N2O2. The Bertz CT molecular complexity index is 415. The molecule has 0 aliphatic heterocycles. The molecule has 118 valence electrons. The quantitative estimate of drug-likeness (QED) is 0.735. The van der Waals surface area contributed by atoms with Gasteiger partial charge in [-0.05, 0) is 37.0 Å². The lowest BCUT2D eigenvalue weighted by atomic mass is 10.0. The van der Waals surface area contributed by atoms with Crippen LogP contribution in [0.15, 0.2) is 24.3 Å². The molecule has 0 radical (unpaired) electrons. The van der Waals surface area contributed by atoms with Crippen molar-refractivity contribution >= 4 is 5.91 Å². The summed E-state index contributed by atoms with van der Waals surface area (Å²) in [6, 6.07) is 7.67. The van der Waals surface area contributed by atoms with E-state index in [0.29, 0.717) is 18.2 Å². The molecule has 0 spiro atoms. The van der Waals surface area contributed by atoms with Crippen LogP contribution in [0.2, 0.25) is 0 Å². The molecule has 0 saturated carbocycles. The number of hydrogen-bond acceptors (Lipinski definition) is 3. The summed E-state index contributed by atoms with van der Waals surface area (Å²) in [6.45, 7) is 7.03. The minimum absolute atomic E-state index is 0.0521. The summed E-state index contributed by atoms with van der Waals surface area (Å²) in [6.07, 6.45) is 3.35. The topological polar surface area (TPSA) is 64.3 Å². The maximum atomic E-state index is 11.8. The zero-order chi connectivity index (χ0) is 15.7. The van der Waals surface area contributed by atoms with E-state index in [9.17, 15) is 4.79 Å². The number of hydrogen-bond donors (Lipinski definition) is 2. The summed E-state index contributed by atoms with van der Waals surface area (Å²) in [5.74, 6) is 1.33. The van der Waals surface area contributed by atoms with Crippen LogP contribution >= 0.6 is 0 Å². The van der Waals surface area contributed by atoms with Crippen LogP contribution in [0.4, 0.5) is 0 Å². The standard InChI is InChI=1S/C17H28N2O2/c1-13(2)5-4-6-14(3)19-17(20)12-21-16-9-7-15(11-18)8-10-16/h7-10,13-14H,4-6,11-12,18H2,1-3H3,(H,19,20). The smallest absolute Gasteiger partial charge is 0.258 e. The van der Waals surface area contributed by atoms with Crippen LogP contribution in [0.1, 0.15) is 45.6 Å². The Morgan fingerprint density at radius 2 is 1.86 bits per heavy atom. The van der Waals surface area contributed by atoms with Crippen LogP contribution < -0.4 is 15.8 Å². The molecule has 1 aromatic carbocycles. The predicted octanol–water partition coefficient (Wildman–Crippen LogP) is 2.86. The van der Waals surface area contributed by atoms with Crippen molar-refractivity contribution in [3.8, 4) is 5.75 Å². The van der Waals surface area contributed by atoms with E-state index >= 15 is 0 Å². The first-order valence-electron chi connectivity index (χ1n) is 7.72. The average Bonchev–Trinajstić information content (AvgIpc) is 2.45. The van der Waals surface area contributed by atoms with Gasteiger partial charge in [-0.15, -0.1) is 0 Å². The maximum absolute atomic E-state index is 11.8. The lowest BCUT2D eigenvalue weighted by molar-refractivity contribution is -0.123. The largest absolute Gasteiger partial charge is 0.484 e. The summed E-state index contributed by atoms with van der Waals surface area (Å²) in [4.78, 5) is 11.8. The van der Waals surface area contributed by atoms with Gasteiger partial charge in [-0.3, -0.25) is 4.79 Å². The molecule has 0 fully saturated rings. The van der Waals surface area contributed by atoms with Crippen molar-refractivity contribution in [2.45, 2.75) is 52.6 Å². The van der Waals surface area contributed by atoms with E-state index in [-0.39, 0.29) is 18.6 Å². The molecule has 1 atom stereocenters. The molecule has 0 aromatic heterocycles. The molecule has 0 heterocycles. The Labute approximate surface area is 128 Å². The van der Waals surface area contributed by atoms with Crippen LogP contribution in [0.5, 0.6) is 5.75 Å². The van der Waals surface area contributed by atoms with E-state index in [1.54, 1.807) is 0 Å². The van der Waals surface area contributed by atoms with Crippen molar-refractivity contribution in [3.05, 3.63) is 29.8 Å². The van der Waals surface area contributed by atoms with Gasteiger partial charge in [0.05, 0.1) is 0 Å². The van der Waals surface area contributed by atoms with Crippen LogP contribution in [-0.4, -0.2) is 18.6 Å². The molecule has 1 rings (SSSR count). The van der Waals surface area contributed by atoms with E-state index < -0.39 is 0 Å². The first kappa shape index (κ1) is 17.5. The molecule has 1 aromatic rings. The minimum atomic E-state index is -0.0741. The summed E-state index contributed by atoms with van der Waals surface area (Å²) >= 11 is 0. The van der Waals surface area contributed by atoms with E-state index in [1.807, 2.05) is 31.2 Å². The summed E-state index contributed by atoms with van der Waals surface area (Å²) in [5, 5.41) is 2.96. The molecule has 0 saturated heterocycles. The van der Waals surface area contributed by atoms with Gasteiger partial charge in [-0.25, -0.2) is 0 Å². The van der Waals surface area contributed by atoms with Crippen molar-refractivity contribution in [2.24, 2.45) is 11.7 Å². The Morgan fingerprint density at radius 3 is 2.43 bits per heavy atom.